The Morgan fingerprint density at radius 1 is 1.30 bits per heavy atom. The molecule has 2 aromatic heterocycles. The normalized spacial score (nSPS) is 13.3. The molecule has 1 atom stereocenters. The first-order chi connectivity index (χ1) is 9.36. The fourth-order valence-electron chi connectivity index (χ4n) is 2.09. The summed E-state index contributed by atoms with van der Waals surface area (Å²) in [4.78, 5) is 19.7. The van der Waals surface area contributed by atoms with Crippen molar-refractivity contribution >= 4 is 33.3 Å². The molecule has 2 heterocycles. The highest BCUT2D eigenvalue weighted by molar-refractivity contribution is 7.99. The third-order valence-corrected chi connectivity index (χ3v) is 5.94. The van der Waals surface area contributed by atoms with Crippen molar-refractivity contribution in [1.82, 2.24) is 9.55 Å². The van der Waals surface area contributed by atoms with Crippen LogP contribution in [-0.4, -0.2) is 14.8 Å². The highest BCUT2D eigenvalue weighted by atomic mass is 32.2. The smallest absolute Gasteiger partial charge is 0.263 e. The molecule has 110 valence electrons. The lowest BCUT2D eigenvalue weighted by molar-refractivity contribution is 0.518. The van der Waals surface area contributed by atoms with E-state index in [1.54, 1.807) is 23.1 Å². The van der Waals surface area contributed by atoms with Crippen LogP contribution in [0.3, 0.4) is 0 Å². The van der Waals surface area contributed by atoms with Crippen LogP contribution in [0.2, 0.25) is 0 Å². The topological polar surface area (TPSA) is 34.9 Å². The lowest BCUT2D eigenvalue weighted by Crippen LogP contribution is -2.25. The van der Waals surface area contributed by atoms with Gasteiger partial charge in [-0.1, -0.05) is 25.6 Å². The third kappa shape index (κ3) is 2.66. The molecule has 0 aliphatic rings. The Morgan fingerprint density at radius 2 is 1.95 bits per heavy atom. The van der Waals surface area contributed by atoms with E-state index in [0.717, 1.165) is 27.4 Å². The summed E-state index contributed by atoms with van der Waals surface area (Å²) < 4.78 is 1.85. The van der Waals surface area contributed by atoms with Crippen molar-refractivity contribution in [2.45, 2.75) is 64.4 Å². The predicted molar refractivity (Wildman–Crippen MR) is 89.3 cm³/mol. The zero-order valence-electron chi connectivity index (χ0n) is 13.0. The molecule has 0 fully saturated rings. The first-order valence-corrected chi connectivity index (χ1v) is 8.75. The van der Waals surface area contributed by atoms with E-state index < -0.39 is 0 Å². The van der Waals surface area contributed by atoms with Crippen molar-refractivity contribution in [1.29, 1.82) is 0 Å². The Kier molecular flexibility index (Phi) is 4.59. The lowest BCUT2D eigenvalue weighted by Gasteiger charge is -2.17. The van der Waals surface area contributed by atoms with Gasteiger partial charge in [0.1, 0.15) is 4.83 Å². The van der Waals surface area contributed by atoms with E-state index in [2.05, 4.69) is 20.8 Å². The molecule has 0 aliphatic heterocycles. The number of hydrogen-bond acceptors (Lipinski definition) is 4. The second-order valence-electron chi connectivity index (χ2n) is 5.46. The molecule has 0 aliphatic carbocycles. The van der Waals surface area contributed by atoms with Crippen molar-refractivity contribution in [3.8, 4) is 0 Å². The van der Waals surface area contributed by atoms with Gasteiger partial charge >= 0.3 is 0 Å². The van der Waals surface area contributed by atoms with Crippen LogP contribution in [0.15, 0.2) is 9.95 Å². The fraction of sp³-hybridized carbons (Fsp3) is 0.600. The van der Waals surface area contributed by atoms with Crippen molar-refractivity contribution in [2.24, 2.45) is 0 Å². The van der Waals surface area contributed by atoms with Crippen LogP contribution in [0.4, 0.5) is 0 Å². The SMILES string of the molecule is CCC(C)Sc1nc2sc(C)c(C)c2c(=O)n1C(C)C. The summed E-state index contributed by atoms with van der Waals surface area (Å²) in [5.41, 5.74) is 1.19. The molecule has 0 radical (unpaired) electrons. The highest BCUT2D eigenvalue weighted by Gasteiger charge is 2.19. The highest BCUT2D eigenvalue weighted by Crippen LogP contribution is 2.31. The zero-order chi connectivity index (χ0) is 15.0. The second kappa shape index (κ2) is 5.90. The van der Waals surface area contributed by atoms with E-state index in [4.69, 9.17) is 4.98 Å². The van der Waals surface area contributed by atoms with Gasteiger partial charge in [-0.05, 0) is 39.7 Å². The van der Waals surface area contributed by atoms with Gasteiger partial charge in [0, 0.05) is 16.2 Å². The van der Waals surface area contributed by atoms with Gasteiger partial charge in [0.05, 0.1) is 5.39 Å². The first-order valence-electron chi connectivity index (χ1n) is 7.05. The average molecular weight is 310 g/mol. The van der Waals surface area contributed by atoms with E-state index >= 15 is 0 Å². The molecule has 5 heteroatoms. The van der Waals surface area contributed by atoms with Gasteiger partial charge in [0.2, 0.25) is 0 Å². The molecule has 0 bridgehead atoms. The molecule has 0 spiro atoms. The number of aromatic nitrogens is 2. The molecule has 0 N–H and O–H groups in total. The Hall–Kier alpha value is -0.810. The van der Waals surface area contributed by atoms with Gasteiger partial charge < -0.3 is 0 Å². The van der Waals surface area contributed by atoms with Crippen molar-refractivity contribution in [3.63, 3.8) is 0 Å². The van der Waals surface area contributed by atoms with Crippen molar-refractivity contribution in [2.75, 3.05) is 0 Å². The largest absolute Gasteiger partial charge is 0.284 e. The van der Waals surface area contributed by atoms with Gasteiger partial charge in [0.25, 0.3) is 5.56 Å². The quantitative estimate of drug-likeness (QED) is 0.614. The van der Waals surface area contributed by atoms with Crippen LogP contribution in [0, 0.1) is 13.8 Å². The summed E-state index contributed by atoms with van der Waals surface area (Å²) in [7, 11) is 0. The van der Waals surface area contributed by atoms with Crippen LogP contribution in [0.25, 0.3) is 10.2 Å². The van der Waals surface area contributed by atoms with Crippen LogP contribution in [0.1, 0.15) is 50.6 Å². The zero-order valence-corrected chi connectivity index (χ0v) is 14.6. The Labute approximate surface area is 128 Å². The molecule has 2 rings (SSSR count). The number of nitrogens with zero attached hydrogens (tertiary/aromatic N) is 2. The van der Waals surface area contributed by atoms with Crippen LogP contribution in [-0.2, 0) is 0 Å². The van der Waals surface area contributed by atoms with E-state index in [1.165, 1.54) is 4.88 Å². The Balaban J connectivity index is 2.74. The average Bonchev–Trinajstić information content (AvgIpc) is 2.64. The molecule has 3 nitrogen and oxygen atoms in total. The minimum Gasteiger partial charge on any atom is -0.284 e. The Bertz CT molecular complexity index is 685. The lowest BCUT2D eigenvalue weighted by atomic mass is 10.2. The second-order valence-corrected chi connectivity index (χ2v) is 8.07. The number of thiophene rings is 1. The van der Waals surface area contributed by atoms with E-state index in [0.29, 0.717) is 5.25 Å². The van der Waals surface area contributed by atoms with Crippen LogP contribution < -0.4 is 5.56 Å². The van der Waals surface area contributed by atoms with Crippen LogP contribution >= 0.6 is 23.1 Å². The van der Waals surface area contributed by atoms with Crippen molar-refractivity contribution < 1.29 is 0 Å². The summed E-state index contributed by atoms with van der Waals surface area (Å²) in [6.45, 7) is 12.5. The van der Waals surface area contributed by atoms with Crippen LogP contribution in [0.5, 0.6) is 0 Å². The summed E-state index contributed by atoms with van der Waals surface area (Å²) in [5.74, 6) is 0. The van der Waals surface area contributed by atoms with Gasteiger partial charge in [-0.2, -0.15) is 0 Å². The molecule has 2 aromatic rings. The predicted octanol–water partition coefficient (Wildman–Crippen LogP) is 4.55. The molecule has 20 heavy (non-hydrogen) atoms. The van der Waals surface area contributed by atoms with Crippen molar-refractivity contribution in [3.05, 3.63) is 20.8 Å². The van der Waals surface area contributed by atoms with E-state index in [1.807, 2.05) is 25.3 Å². The number of rotatable bonds is 4. The number of fused-ring (bicyclic) bond motifs is 1. The molecule has 1 unspecified atom stereocenters. The van der Waals surface area contributed by atoms with Gasteiger partial charge in [-0.3, -0.25) is 9.36 Å². The summed E-state index contributed by atoms with van der Waals surface area (Å²) in [6, 6.07) is 0.130. The minimum absolute atomic E-state index is 0.109. The van der Waals surface area contributed by atoms with E-state index in [-0.39, 0.29) is 11.6 Å². The molecule has 0 saturated heterocycles. The summed E-state index contributed by atoms with van der Waals surface area (Å²) in [5, 5.41) is 2.12. The number of thioether (sulfide) groups is 1. The minimum atomic E-state index is 0.109. The molecular weight excluding hydrogens is 288 g/mol. The number of hydrogen-bond donors (Lipinski definition) is 0. The standard InChI is InChI=1S/C15H22N2OS2/c1-7-9(4)19-15-16-13-12(10(5)11(6)20-13)14(18)17(15)8(2)3/h8-9H,7H2,1-6H3. The first kappa shape index (κ1) is 15.6. The Morgan fingerprint density at radius 3 is 2.50 bits per heavy atom. The van der Waals surface area contributed by atoms with Gasteiger partial charge in [-0.15, -0.1) is 11.3 Å². The maximum Gasteiger partial charge on any atom is 0.263 e. The summed E-state index contributed by atoms with van der Waals surface area (Å²) in [6.07, 6.45) is 1.07. The number of aryl methyl sites for hydroxylation is 2. The molecule has 0 aromatic carbocycles. The monoisotopic (exact) mass is 310 g/mol. The molecule has 0 amide bonds. The summed E-state index contributed by atoms with van der Waals surface area (Å²) >= 11 is 3.33. The fourth-order valence-corrected chi connectivity index (χ4v) is 4.24. The molecule has 0 saturated carbocycles. The molecular formula is C15H22N2OS2. The van der Waals surface area contributed by atoms with E-state index in [9.17, 15) is 4.79 Å². The third-order valence-electron chi connectivity index (χ3n) is 3.60. The van der Waals surface area contributed by atoms with Gasteiger partial charge in [-0.25, -0.2) is 4.98 Å². The maximum atomic E-state index is 12.8. The maximum absolute atomic E-state index is 12.8. The van der Waals surface area contributed by atoms with Gasteiger partial charge in [0.15, 0.2) is 5.16 Å².